The van der Waals surface area contributed by atoms with Gasteiger partial charge in [-0.15, -0.1) is 0 Å². The SMILES string of the molecule is O=C1CCCC2=C1C[C@H](c1ccccc1)CO2. The van der Waals surface area contributed by atoms with Crippen molar-refractivity contribution in [2.75, 3.05) is 6.61 Å². The van der Waals surface area contributed by atoms with Crippen molar-refractivity contribution < 1.29 is 9.53 Å². The van der Waals surface area contributed by atoms with E-state index in [0.717, 1.165) is 37.2 Å². The van der Waals surface area contributed by atoms with Crippen LogP contribution in [0.1, 0.15) is 37.2 Å². The molecule has 1 aliphatic heterocycles. The Labute approximate surface area is 101 Å². The van der Waals surface area contributed by atoms with Crippen LogP contribution < -0.4 is 0 Å². The van der Waals surface area contributed by atoms with Crippen LogP contribution in [0, 0.1) is 0 Å². The largest absolute Gasteiger partial charge is 0.497 e. The molecule has 1 atom stereocenters. The molecular formula is C15H16O2. The zero-order valence-corrected chi connectivity index (χ0v) is 9.82. The summed E-state index contributed by atoms with van der Waals surface area (Å²) >= 11 is 0. The van der Waals surface area contributed by atoms with E-state index >= 15 is 0 Å². The Morgan fingerprint density at radius 1 is 1.12 bits per heavy atom. The molecule has 0 bridgehead atoms. The quantitative estimate of drug-likeness (QED) is 0.737. The number of hydrogen-bond acceptors (Lipinski definition) is 2. The summed E-state index contributed by atoms with van der Waals surface area (Å²) in [5.74, 6) is 1.61. The van der Waals surface area contributed by atoms with E-state index in [1.54, 1.807) is 0 Å². The molecule has 0 saturated carbocycles. The van der Waals surface area contributed by atoms with E-state index in [0.29, 0.717) is 18.1 Å². The number of rotatable bonds is 1. The molecule has 2 nitrogen and oxygen atoms in total. The minimum absolute atomic E-state index is 0.298. The maximum Gasteiger partial charge on any atom is 0.162 e. The molecule has 1 aliphatic carbocycles. The molecule has 0 fully saturated rings. The van der Waals surface area contributed by atoms with Gasteiger partial charge in [0.05, 0.1) is 6.61 Å². The van der Waals surface area contributed by atoms with Crippen molar-refractivity contribution in [2.45, 2.75) is 31.6 Å². The van der Waals surface area contributed by atoms with Crippen LogP contribution >= 0.6 is 0 Å². The van der Waals surface area contributed by atoms with E-state index in [1.165, 1.54) is 5.56 Å². The first-order valence-electron chi connectivity index (χ1n) is 6.27. The zero-order chi connectivity index (χ0) is 11.7. The molecule has 0 amide bonds. The molecule has 0 spiro atoms. The first-order valence-corrected chi connectivity index (χ1v) is 6.27. The van der Waals surface area contributed by atoms with Crippen LogP contribution in [0.5, 0.6) is 0 Å². The van der Waals surface area contributed by atoms with Crippen molar-refractivity contribution in [3.05, 3.63) is 47.2 Å². The number of hydrogen-bond donors (Lipinski definition) is 0. The molecule has 88 valence electrons. The lowest BCUT2D eigenvalue weighted by Gasteiger charge is -2.30. The summed E-state index contributed by atoms with van der Waals surface area (Å²) in [5.41, 5.74) is 2.23. The molecule has 3 rings (SSSR count). The minimum Gasteiger partial charge on any atom is -0.497 e. The van der Waals surface area contributed by atoms with Gasteiger partial charge in [0.2, 0.25) is 0 Å². The Morgan fingerprint density at radius 2 is 1.94 bits per heavy atom. The molecule has 2 heteroatoms. The molecule has 0 N–H and O–H groups in total. The second-order valence-corrected chi connectivity index (χ2v) is 4.80. The first-order chi connectivity index (χ1) is 8.34. The Balaban J connectivity index is 1.85. The number of benzene rings is 1. The number of allylic oxidation sites excluding steroid dienone is 2. The van der Waals surface area contributed by atoms with Gasteiger partial charge < -0.3 is 4.74 Å². The van der Waals surface area contributed by atoms with Gasteiger partial charge in [-0.05, 0) is 18.4 Å². The first kappa shape index (κ1) is 10.6. The van der Waals surface area contributed by atoms with Crippen molar-refractivity contribution >= 4 is 5.78 Å². The molecule has 17 heavy (non-hydrogen) atoms. The highest BCUT2D eigenvalue weighted by atomic mass is 16.5. The smallest absolute Gasteiger partial charge is 0.162 e. The molecular weight excluding hydrogens is 212 g/mol. The second-order valence-electron chi connectivity index (χ2n) is 4.80. The predicted molar refractivity (Wildman–Crippen MR) is 65.6 cm³/mol. The molecule has 0 unspecified atom stereocenters. The van der Waals surface area contributed by atoms with Crippen LogP contribution in [0.15, 0.2) is 41.7 Å². The van der Waals surface area contributed by atoms with Gasteiger partial charge in [-0.2, -0.15) is 0 Å². The fourth-order valence-electron chi connectivity index (χ4n) is 2.70. The summed E-state index contributed by atoms with van der Waals surface area (Å²) in [6.45, 7) is 0.718. The highest BCUT2D eigenvalue weighted by Gasteiger charge is 2.29. The van der Waals surface area contributed by atoms with Gasteiger partial charge in [0.25, 0.3) is 0 Å². The van der Waals surface area contributed by atoms with E-state index < -0.39 is 0 Å². The maximum atomic E-state index is 11.9. The Kier molecular flexibility index (Phi) is 2.71. The summed E-state index contributed by atoms with van der Waals surface area (Å²) in [6, 6.07) is 10.3. The number of carbonyl (C=O) groups excluding carboxylic acids is 1. The van der Waals surface area contributed by atoms with Crippen LogP contribution in [0.3, 0.4) is 0 Å². The third-order valence-electron chi connectivity index (χ3n) is 3.66. The summed E-state index contributed by atoms with van der Waals surface area (Å²) in [6.07, 6.45) is 3.46. The number of carbonyl (C=O) groups is 1. The van der Waals surface area contributed by atoms with E-state index in [-0.39, 0.29) is 0 Å². The summed E-state index contributed by atoms with van der Waals surface area (Å²) in [7, 11) is 0. The van der Waals surface area contributed by atoms with Crippen LogP contribution in [0.25, 0.3) is 0 Å². The van der Waals surface area contributed by atoms with Gasteiger partial charge in [0.15, 0.2) is 5.78 Å². The van der Waals surface area contributed by atoms with Crippen LogP contribution in [-0.2, 0) is 9.53 Å². The summed E-state index contributed by atoms with van der Waals surface area (Å²) in [5, 5.41) is 0. The highest BCUT2D eigenvalue weighted by molar-refractivity contribution is 5.96. The Bertz CT molecular complexity index is 459. The highest BCUT2D eigenvalue weighted by Crippen LogP contribution is 2.36. The lowest BCUT2D eigenvalue weighted by atomic mass is 9.84. The van der Waals surface area contributed by atoms with E-state index in [4.69, 9.17) is 4.74 Å². The van der Waals surface area contributed by atoms with Crippen molar-refractivity contribution in [2.24, 2.45) is 0 Å². The maximum absolute atomic E-state index is 11.9. The van der Waals surface area contributed by atoms with Crippen molar-refractivity contribution in [3.63, 3.8) is 0 Å². The Hall–Kier alpha value is -1.57. The average molecular weight is 228 g/mol. The molecule has 2 aliphatic rings. The van der Waals surface area contributed by atoms with Crippen molar-refractivity contribution in [1.29, 1.82) is 0 Å². The topological polar surface area (TPSA) is 26.3 Å². The standard InChI is InChI=1S/C15H16O2/c16-14-7-4-8-15-13(14)9-12(10-17-15)11-5-2-1-3-6-11/h1-3,5-6,12H,4,7-10H2/t12-/m0/s1. The molecule has 1 aromatic carbocycles. The minimum atomic E-state index is 0.298. The molecule has 0 aromatic heterocycles. The van der Waals surface area contributed by atoms with Gasteiger partial charge in [-0.3, -0.25) is 4.79 Å². The summed E-state index contributed by atoms with van der Waals surface area (Å²) in [4.78, 5) is 11.9. The molecule has 1 aromatic rings. The third-order valence-corrected chi connectivity index (χ3v) is 3.66. The van der Waals surface area contributed by atoms with Gasteiger partial charge in [0, 0.05) is 24.3 Å². The van der Waals surface area contributed by atoms with Gasteiger partial charge in [-0.1, -0.05) is 30.3 Å². The summed E-state index contributed by atoms with van der Waals surface area (Å²) < 4.78 is 5.78. The number of ketones is 1. The molecule has 1 heterocycles. The van der Waals surface area contributed by atoms with Gasteiger partial charge >= 0.3 is 0 Å². The second kappa shape index (κ2) is 4.36. The van der Waals surface area contributed by atoms with Crippen LogP contribution in [-0.4, -0.2) is 12.4 Å². The molecule has 0 radical (unpaired) electrons. The lowest BCUT2D eigenvalue weighted by Crippen LogP contribution is -2.23. The fourth-order valence-corrected chi connectivity index (χ4v) is 2.70. The van der Waals surface area contributed by atoms with E-state index in [1.807, 2.05) is 18.2 Å². The van der Waals surface area contributed by atoms with E-state index in [2.05, 4.69) is 12.1 Å². The zero-order valence-electron chi connectivity index (χ0n) is 9.82. The lowest BCUT2D eigenvalue weighted by molar-refractivity contribution is -0.117. The normalized spacial score (nSPS) is 24.2. The van der Waals surface area contributed by atoms with Gasteiger partial charge in [-0.25, -0.2) is 0 Å². The van der Waals surface area contributed by atoms with Crippen LogP contribution in [0.2, 0.25) is 0 Å². The fraction of sp³-hybridized carbons (Fsp3) is 0.400. The Morgan fingerprint density at radius 3 is 2.76 bits per heavy atom. The van der Waals surface area contributed by atoms with Crippen molar-refractivity contribution in [3.8, 4) is 0 Å². The number of Topliss-reactive ketones (excluding diaryl/α,β-unsaturated/α-hetero) is 1. The monoisotopic (exact) mass is 228 g/mol. The third kappa shape index (κ3) is 1.99. The van der Waals surface area contributed by atoms with Crippen LogP contribution in [0.4, 0.5) is 0 Å². The van der Waals surface area contributed by atoms with Crippen molar-refractivity contribution in [1.82, 2.24) is 0 Å². The molecule has 0 saturated heterocycles. The number of ether oxygens (including phenoxy) is 1. The van der Waals surface area contributed by atoms with E-state index in [9.17, 15) is 4.79 Å². The van der Waals surface area contributed by atoms with Gasteiger partial charge in [0.1, 0.15) is 5.76 Å². The average Bonchev–Trinajstić information content (AvgIpc) is 2.40. The predicted octanol–water partition coefficient (Wildman–Crippen LogP) is 3.20.